The van der Waals surface area contributed by atoms with E-state index in [4.69, 9.17) is 10.5 Å². The van der Waals surface area contributed by atoms with Gasteiger partial charge in [0.2, 0.25) is 5.91 Å². The number of ether oxygens (including phenoxy) is 1. The van der Waals surface area contributed by atoms with Crippen LogP contribution < -0.4 is 5.73 Å². The largest absolute Gasteiger partial charge is 0.378 e. The van der Waals surface area contributed by atoms with Gasteiger partial charge in [0.15, 0.2) is 0 Å². The summed E-state index contributed by atoms with van der Waals surface area (Å²) in [6.07, 6.45) is 5.14. The Labute approximate surface area is 116 Å². The third-order valence-corrected chi connectivity index (χ3v) is 4.11. The molecule has 0 aliphatic carbocycles. The molecule has 4 nitrogen and oxygen atoms in total. The minimum atomic E-state index is 0. The summed E-state index contributed by atoms with van der Waals surface area (Å²) in [5.41, 5.74) is 5.88. The third-order valence-electron chi connectivity index (χ3n) is 4.11. The van der Waals surface area contributed by atoms with Crippen LogP contribution >= 0.6 is 12.4 Å². The highest BCUT2D eigenvalue weighted by atomic mass is 35.5. The molecule has 0 saturated carbocycles. The molecule has 2 heterocycles. The van der Waals surface area contributed by atoms with Crippen LogP contribution in [0.15, 0.2) is 0 Å². The molecule has 2 unspecified atom stereocenters. The molecule has 0 aromatic rings. The molecule has 2 saturated heterocycles. The Morgan fingerprint density at radius 2 is 2.33 bits per heavy atom. The van der Waals surface area contributed by atoms with E-state index >= 15 is 0 Å². The number of nitrogens with two attached hydrogens (primary N) is 1. The highest BCUT2D eigenvalue weighted by molar-refractivity contribution is 5.85. The summed E-state index contributed by atoms with van der Waals surface area (Å²) >= 11 is 0. The lowest BCUT2D eigenvalue weighted by Gasteiger charge is -2.22. The zero-order chi connectivity index (χ0) is 12.3. The molecule has 0 aromatic heterocycles. The maximum Gasteiger partial charge on any atom is 0.222 e. The molecule has 0 bridgehead atoms. The molecular weight excluding hydrogens is 252 g/mol. The summed E-state index contributed by atoms with van der Waals surface area (Å²) in [5.74, 6) is 0.276. The van der Waals surface area contributed by atoms with Crippen LogP contribution in [-0.4, -0.2) is 43.2 Å². The van der Waals surface area contributed by atoms with Gasteiger partial charge in [0.05, 0.1) is 6.10 Å². The molecule has 0 radical (unpaired) electrons. The van der Waals surface area contributed by atoms with Crippen molar-refractivity contribution in [2.45, 2.75) is 45.1 Å². The highest BCUT2D eigenvalue weighted by Gasteiger charge is 2.34. The first kappa shape index (κ1) is 15.7. The molecule has 2 aliphatic rings. The maximum absolute atomic E-state index is 12.0. The molecule has 18 heavy (non-hydrogen) atoms. The van der Waals surface area contributed by atoms with Crippen molar-refractivity contribution in [1.29, 1.82) is 0 Å². The van der Waals surface area contributed by atoms with E-state index in [9.17, 15) is 4.79 Å². The average Bonchev–Trinajstić information content (AvgIpc) is 2.96. The van der Waals surface area contributed by atoms with Crippen molar-refractivity contribution >= 4 is 18.3 Å². The Hall–Kier alpha value is -0.320. The SMILES string of the molecule is CC1(CN)CCN(C(=O)CCC2CCCO2)C1.Cl. The van der Waals surface area contributed by atoms with E-state index < -0.39 is 0 Å². The number of rotatable bonds is 4. The molecule has 2 rings (SSSR count). The summed E-state index contributed by atoms with van der Waals surface area (Å²) in [7, 11) is 0. The quantitative estimate of drug-likeness (QED) is 0.848. The van der Waals surface area contributed by atoms with Gasteiger partial charge in [-0.3, -0.25) is 4.79 Å². The van der Waals surface area contributed by atoms with Crippen LogP contribution in [-0.2, 0) is 9.53 Å². The van der Waals surface area contributed by atoms with Crippen LogP contribution in [0.5, 0.6) is 0 Å². The number of halogens is 1. The van der Waals surface area contributed by atoms with Gasteiger partial charge < -0.3 is 15.4 Å². The van der Waals surface area contributed by atoms with Gasteiger partial charge >= 0.3 is 0 Å². The van der Waals surface area contributed by atoms with Crippen molar-refractivity contribution in [1.82, 2.24) is 4.90 Å². The van der Waals surface area contributed by atoms with Gasteiger partial charge in [-0.25, -0.2) is 0 Å². The van der Waals surface area contributed by atoms with E-state index in [1.165, 1.54) is 0 Å². The fourth-order valence-corrected chi connectivity index (χ4v) is 2.72. The number of amides is 1. The minimum Gasteiger partial charge on any atom is -0.378 e. The Kier molecular flexibility index (Phi) is 5.89. The summed E-state index contributed by atoms with van der Waals surface area (Å²) in [4.78, 5) is 14.0. The number of nitrogens with zero attached hydrogens (tertiary/aromatic N) is 1. The zero-order valence-corrected chi connectivity index (χ0v) is 12.0. The number of carbonyl (C=O) groups excluding carboxylic acids is 1. The Balaban J connectivity index is 0.00000162. The highest BCUT2D eigenvalue weighted by Crippen LogP contribution is 2.29. The minimum absolute atomic E-state index is 0. The second-order valence-electron chi connectivity index (χ2n) is 5.75. The molecule has 2 atom stereocenters. The maximum atomic E-state index is 12.0. The number of hydrogen-bond acceptors (Lipinski definition) is 3. The Morgan fingerprint density at radius 3 is 2.89 bits per heavy atom. The Morgan fingerprint density at radius 1 is 1.56 bits per heavy atom. The van der Waals surface area contributed by atoms with Crippen molar-refractivity contribution < 1.29 is 9.53 Å². The summed E-state index contributed by atoms with van der Waals surface area (Å²) in [6.45, 7) is 5.41. The van der Waals surface area contributed by atoms with E-state index in [2.05, 4.69) is 6.92 Å². The predicted octanol–water partition coefficient (Wildman–Crippen LogP) is 1.56. The fourth-order valence-electron chi connectivity index (χ4n) is 2.72. The normalized spacial score (nSPS) is 31.4. The van der Waals surface area contributed by atoms with Gasteiger partial charge in [0.25, 0.3) is 0 Å². The number of likely N-dealkylation sites (tertiary alicyclic amines) is 1. The van der Waals surface area contributed by atoms with Crippen molar-refractivity contribution in [3.63, 3.8) is 0 Å². The smallest absolute Gasteiger partial charge is 0.222 e. The molecule has 5 heteroatoms. The van der Waals surface area contributed by atoms with Gasteiger partial charge in [-0.15, -0.1) is 12.4 Å². The fraction of sp³-hybridized carbons (Fsp3) is 0.923. The monoisotopic (exact) mass is 276 g/mol. The third kappa shape index (κ3) is 3.84. The van der Waals surface area contributed by atoms with Crippen LogP contribution in [0.3, 0.4) is 0 Å². The molecule has 2 aliphatic heterocycles. The molecule has 0 aromatic carbocycles. The van der Waals surface area contributed by atoms with Crippen molar-refractivity contribution in [3.8, 4) is 0 Å². The van der Waals surface area contributed by atoms with E-state index in [1.807, 2.05) is 4.90 Å². The van der Waals surface area contributed by atoms with Crippen molar-refractivity contribution in [3.05, 3.63) is 0 Å². The van der Waals surface area contributed by atoms with E-state index in [0.29, 0.717) is 19.1 Å². The van der Waals surface area contributed by atoms with Crippen molar-refractivity contribution in [2.75, 3.05) is 26.2 Å². The first-order valence-electron chi connectivity index (χ1n) is 6.72. The topological polar surface area (TPSA) is 55.6 Å². The van der Waals surface area contributed by atoms with E-state index in [1.54, 1.807) is 0 Å². The summed E-state index contributed by atoms with van der Waals surface area (Å²) in [5, 5.41) is 0. The van der Waals surface area contributed by atoms with Gasteiger partial charge in [0.1, 0.15) is 0 Å². The Bertz CT molecular complexity index is 282. The van der Waals surface area contributed by atoms with E-state index in [0.717, 1.165) is 45.4 Å². The first-order valence-corrected chi connectivity index (χ1v) is 6.72. The lowest BCUT2D eigenvalue weighted by molar-refractivity contribution is -0.131. The van der Waals surface area contributed by atoms with Gasteiger partial charge in [0, 0.05) is 26.1 Å². The van der Waals surface area contributed by atoms with Crippen LogP contribution in [0.25, 0.3) is 0 Å². The standard InChI is InChI=1S/C13H24N2O2.ClH/c1-13(9-14)6-7-15(10-13)12(16)5-4-11-3-2-8-17-11;/h11H,2-10,14H2,1H3;1H. The average molecular weight is 277 g/mol. The van der Waals surface area contributed by atoms with Gasteiger partial charge in [-0.1, -0.05) is 6.92 Å². The van der Waals surface area contributed by atoms with Crippen molar-refractivity contribution in [2.24, 2.45) is 11.1 Å². The van der Waals surface area contributed by atoms with Gasteiger partial charge in [-0.2, -0.15) is 0 Å². The summed E-state index contributed by atoms with van der Waals surface area (Å²) in [6, 6.07) is 0. The molecule has 1 amide bonds. The second kappa shape index (κ2) is 6.73. The van der Waals surface area contributed by atoms with E-state index in [-0.39, 0.29) is 23.7 Å². The lowest BCUT2D eigenvalue weighted by atomic mass is 9.90. The van der Waals surface area contributed by atoms with Crippen LogP contribution in [0, 0.1) is 5.41 Å². The van der Waals surface area contributed by atoms with Crippen LogP contribution in [0.4, 0.5) is 0 Å². The summed E-state index contributed by atoms with van der Waals surface area (Å²) < 4.78 is 5.54. The zero-order valence-electron chi connectivity index (χ0n) is 11.2. The molecule has 106 valence electrons. The molecular formula is C13H25ClN2O2. The number of carbonyl (C=O) groups is 1. The molecule has 0 spiro atoms. The van der Waals surface area contributed by atoms with Crippen LogP contribution in [0.1, 0.15) is 39.0 Å². The second-order valence-corrected chi connectivity index (χ2v) is 5.75. The van der Waals surface area contributed by atoms with Crippen LogP contribution in [0.2, 0.25) is 0 Å². The predicted molar refractivity (Wildman–Crippen MR) is 73.8 cm³/mol. The first-order chi connectivity index (χ1) is 8.13. The lowest BCUT2D eigenvalue weighted by Crippen LogP contribution is -2.34. The molecule has 2 N–H and O–H groups in total. The number of hydrogen-bond donors (Lipinski definition) is 1. The van der Waals surface area contributed by atoms with Gasteiger partial charge in [-0.05, 0) is 37.6 Å². The molecule has 2 fully saturated rings.